The van der Waals surface area contributed by atoms with Gasteiger partial charge in [-0.25, -0.2) is 4.79 Å². The van der Waals surface area contributed by atoms with Crippen molar-refractivity contribution in [2.24, 2.45) is 0 Å². The van der Waals surface area contributed by atoms with Gasteiger partial charge in [-0.2, -0.15) is 0 Å². The quantitative estimate of drug-likeness (QED) is 0.336. The molecule has 180 valence electrons. The Labute approximate surface area is 218 Å². The van der Waals surface area contributed by atoms with E-state index < -0.39 is 12.6 Å². The van der Waals surface area contributed by atoms with Crippen molar-refractivity contribution < 1.29 is 29.0 Å². The number of imide groups is 1. The van der Waals surface area contributed by atoms with Crippen LogP contribution < -0.4 is 9.47 Å². The third kappa shape index (κ3) is 6.43. The van der Waals surface area contributed by atoms with E-state index >= 15 is 0 Å². The molecule has 1 aliphatic heterocycles. The molecule has 0 unspecified atom stereocenters. The normalized spacial score (nSPS) is 14.9. The number of hydrogen-bond donors (Lipinski definition) is 1. The second kappa shape index (κ2) is 11.4. The van der Waals surface area contributed by atoms with Crippen LogP contribution in [0.15, 0.2) is 44.2 Å². The number of thioether (sulfide) groups is 1. The van der Waals surface area contributed by atoms with E-state index in [9.17, 15) is 14.4 Å². The number of halogens is 2. The summed E-state index contributed by atoms with van der Waals surface area (Å²) in [5.41, 5.74) is 2.79. The lowest BCUT2D eigenvalue weighted by Crippen LogP contribution is -2.32. The zero-order chi connectivity index (χ0) is 25.0. The minimum Gasteiger partial charge on any atom is -0.491 e. The number of carbonyl (C=O) groups is 3. The first kappa shape index (κ1) is 26.3. The van der Waals surface area contributed by atoms with Crippen molar-refractivity contribution in [2.45, 2.75) is 26.7 Å². The van der Waals surface area contributed by atoms with Crippen molar-refractivity contribution in [3.8, 4) is 11.5 Å². The average molecular weight is 613 g/mol. The molecule has 1 N–H and O–H groups in total. The minimum atomic E-state index is -1.09. The lowest BCUT2D eigenvalue weighted by molar-refractivity contribution is -0.139. The molecule has 3 rings (SSSR count). The number of aliphatic carboxylic acids is 1. The topological polar surface area (TPSA) is 93.1 Å². The maximum atomic E-state index is 12.9. The monoisotopic (exact) mass is 611 g/mol. The third-order valence-electron chi connectivity index (χ3n) is 4.90. The van der Waals surface area contributed by atoms with Crippen molar-refractivity contribution in [1.29, 1.82) is 0 Å². The molecule has 1 fully saturated rings. The average Bonchev–Trinajstić information content (AvgIpc) is 3.00. The van der Waals surface area contributed by atoms with Gasteiger partial charge in [0.05, 0.1) is 20.4 Å². The lowest BCUT2D eigenvalue weighted by atomic mass is 10.0. The molecule has 1 aliphatic rings. The molecule has 10 heteroatoms. The molecule has 2 aromatic rings. The van der Waals surface area contributed by atoms with Crippen LogP contribution >= 0.6 is 43.6 Å². The second-order valence-electron chi connectivity index (χ2n) is 7.87. The van der Waals surface area contributed by atoms with Crippen LogP contribution in [-0.4, -0.2) is 46.9 Å². The highest BCUT2D eigenvalue weighted by Gasteiger charge is 2.35. The first-order chi connectivity index (χ1) is 16.1. The van der Waals surface area contributed by atoms with E-state index in [0.717, 1.165) is 28.6 Å². The van der Waals surface area contributed by atoms with Crippen molar-refractivity contribution in [2.75, 3.05) is 19.8 Å². The zero-order valence-corrected chi connectivity index (χ0v) is 22.8. The van der Waals surface area contributed by atoms with Gasteiger partial charge >= 0.3 is 5.97 Å². The van der Waals surface area contributed by atoms with Crippen LogP contribution in [0.2, 0.25) is 0 Å². The van der Waals surface area contributed by atoms with Gasteiger partial charge in [-0.15, -0.1) is 0 Å². The van der Waals surface area contributed by atoms with E-state index in [2.05, 4.69) is 45.7 Å². The van der Waals surface area contributed by atoms with Gasteiger partial charge in [-0.05, 0) is 97.4 Å². The summed E-state index contributed by atoms with van der Waals surface area (Å²) in [6.07, 6.45) is 1.61. The molecule has 0 aromatic heterocycles. The molecular weight excluding hydrogens is 590 g/mol. The number of hydrogen-bond acceptors (Lipinski definition) is 6. The fourth-order valence-electron chi connectivity index (χ4n) is 3.27. The Bertz CT molecular complexity index is 1140. The molecule has 0 saturated carbocycles. The molecular formula is C24H23Br2NO6S. The van der Waals surface area contributed by atoms with Crippen LogP contribution in [0.4, 0.5) is 4.79 Å². The summed E-state index contributed by atoms with van der Waals surface area (Å²) in [5, 5.41) is 8.45. The molecule has 7 nitrogen and oxygen atoms in total. The molecule has 1 heterocycles. The van der Waals surface area contributed by atoms with Gasteiger partial charge in [0, 0.05) is 0 Å². The molecule has 0 atom stereocenters. The van der Waals surface area contributed by atoms with E-state index in [1.807, 2.05) is 25.1 Å². The number of aryl methyl sites for hydroxylation is 1. The standard InChI is InChI=1S/C24H23Br2NO6S/c1-13(2)16-5-4-14(3)8-19(16)32-7-6-27-23(30)20(34-24(27)31)11-15-9-17(25)22(18(26)10-15)33-12-21(28)29/h4-5,8-11,13H,6-7,12H2,1-3H3,(H,28,29)/b20-11-. The van der Waals surface area contributed by atoms with Crippen LogP contribution in [0.5, 0.6) is 11.5 Å². The number of carboxylic acids is 1. The predicted octanol–water partition coefficient (Wildman–Crippen LogP) is 6.22. The Balaban J connectivity index is 1.69. The fraction of sp³-hybridized carbons (Fsp3) is 0.292. The van der Waals surface area contributed by atoms with Gasteiger partial charge < -0.3 is 14.6 Å². The zero-order valence-electron chi connectivity index (χ0n) is 18.8. The van der Waals surface area contributed by atoms with Gasteiger partial charge in [-0.3, -0.25) is 14.5 Å². The van der Waals surface area contributed by atoms with Crippen LogP contribution in [-0.2, 0) is 9.59 Å². The smallest absolute Gasteiger partial charge is 0.341 e. The summed E-state index contributed by atoms with van der Waals surface area (Å²) in [4.78, 5) is 37.6. The molecule has 2 amide bonds. The summed E-state index contributed by atoms with van der Waals surface area (Å²) in [6, 6.07) is 9.40. The van der Waals surface area contributed by atoms with Gasteiger partial charge in [0.1, 0.15) is 18.1 Å². The summed E-state index contributed by atoms with van der Waals surface area (Å²) in [7, 11) is 0. The highest BCUT2D eigenvalue weighted by molar-refractivity contribution is 9.11. The number of carbonyl (C=O) groups excluding carboxylic acids is 2. The Kier molecular flexibility index (Phi) is 8.83. The van der Waals surface area contributed by atoms with E-state index in [-0.39, 0.29) is 30.2 Å². The number of carboxylic acid groups (broad SMARTS) is 1. The van der Waals surface area contributed by atoms with E-state index in [1.54, 1.807) is 18.2 Å². The van der Waals surface area contributed by atoms with Crippen molar-refractivity contribution in [3.63, 3.8) is 0 Å². The summed E-state index contributed by atoms with van der Waals surface area (Å²) in [6.45, 7) is 6.00. The Morgan fingerprint density at radius 2 is 1.82 bits per heavy atom. The van der Waals surface area contributed by atoms with Crippen molar-refractivity contribution >= 4 is 66.8 Å². The molecule has 0 radical (unpaired) electrons. The fourth-order valence-corrected chi connectivity index (χ4v) is 5.59. The largest absolute Gasteiger partial charge is 0.491 e. The molecule has 0 bridgehead atoms. The third-order valence-corrected chi connectivity index (χ3v) is 6.98. The van der Waals surface area contributed by atoms with Gasteiger partial charge in [0.25, 0.3) is 11.1 Å². The summed E-state index contributed by atoms with van der Waals surface area (Å²) < 4.78 is 12.2. The first-order valence-electron chi connectivity index (χ1n) is 10.4. The Hall–Kier alpha value is -2.30. The summed E-state index contributed by atoms with van der Waals surface area (Å²) >= 11 is 7.57. The van der Waals surface area contributed by atoms with Crippen LogP contribution in [0, 0.1) is 6.92 Å². The molecule has 34 heavy (non-hydrogen) atoms. The van der Waals surface area contributed by atoms with E-state index in [4.69, 9.17) is 14.6 Å². The van der Waals surface area contributed by atoms with E-state index in [0.29, 0.717) is 25.2 Å². The maximum absolute atomic E-state index is 12.9. The number of ether oxygens (including phenoxy) is 2. The molecule has 2 aromatic carbocycles. The number of benzene rings is 2. The molecule has 0 spiro atoms. The number of rotatable bonds is 9. The Morgan fingerprint density at radius 1 is 1.15 bits per heavy atom. The first-order valence-corrected chi connectivity index (χ1v) is 12.8. The lowest BCUT2D eigenvalue weighted by Gasteiger charge is -2.17. The molecule has 0 aliphatic carbocycles. The highest BCUT2D eigenvalue weighted by atomic mass is 79.9. The van der Waals surface area contributed by atoms with Crippen LogP contribution in [0.1, 0.15) is 36.5 Å². The highest BCUT2D eigenvalue weighted by Crippen LogP contribution is 2.38. The van der Waals surface area contributed by atoms with Crippen LogP contribution in [0.3, 0.4) is 0 Å². The maximum Gasteiger partial charge on any atom is 0.341 e. The second-order valence-corrected chi connectivity index (χ2v) is 10.6. The van der Waals surface area contributed by atoms with Gasteiger partial charge in [-0.1, -0.05) is 26.0 Å². The number of nitrogens with zero attached hydrogens (tertiary/aromatic N) is 1. The van der Waals surface area contributed by atoms with Crippen LogP contribution in [0.25, 0.3) is 6.08 Å². The Morgan fingerprint density at radius 3 is 2.44 bits per heavy atom. The molecule has 1 saturated heterocycles. The van der Waals surface area contributed by atoms with Gasteiger partial charge in [0.2, 0.25) is 0 Å². The summed E-state index contributed by atoms with van der Waals surface area (Å²) in [5.74, 6) is -0.0943. The minimum absolute atomic E-state index is 0.142. The van der Waals surface area contributed by atoms with E-state index in [1.165, 1.54) is 4.90 Å². The van der Waals surface area contributed by atoms with Crippen molar-refractivity contribution in [1.82, 2.24) is 4.90 Å². The van der Waals surface area contributed by atoms with Gasteiger partial charge in [0.15, 0.2) is 6.61 Å². The van der Waals surface area contributed by atoms with Crippen molar-refractivity contribution in [3.05, 3.63) is 60.9 Å². The SMILES string of the molecule is Cc1ccc(C(C)C)c(OCCN2C(=O)S/C(=C\c3cc(Br)c(OCC(=O)O)c(Br)c3)C2=O)c1. The number of amides is 2. The predicted molar refractivity (Wildman–Crippen MR) is 138 cm³/mol.